The molecule has 0 bridgehead atoms. The number of hydrogen-bond acceptors (Lipinski definition) is 5. The van der Waals surface area contributed by atoms with Crippen LogP contribution in [0.5, 0.6) is 5.75 Å². The highest BCUT2D eigenvalue weighted by Crippen LogP contribution is 2.23. The normalized spacial score (nSPS) is 14.7. The summed E-state index contributed by atoms with van der Waals surface area (Å²) in [5.74, 6) is 0.917. The number of aromatic nitrogens is 2. The van der Waals surface area contributed by atoms with Crippen LogP contribution in [-0.2, 0) is 13.2 Å². The first-order valence-corrected chi connectivity index (χ1v) is 12.2. The van der Waals surface area contributed by atoms with Gasteiger partial charge in [-0.3, -0.25) is 0 Å². The molecule has 0 aliphatic carbocycles. The minimum atomic E-state index is 0.555. The van der Waals surface area contributed by atoms with E-state index in [1.165, 1.54) is 5.56 Å². The largest absolute Gasteiger partial charge is 0.489 e. The highest BCUT2D eigenvalue weighted by atomic mass is 16.5. The summed E-state index contributed by atoms with van der Waals surface area (Å²) < 4.78 is 8.29. The number of piperazine rings is 1. The zero-order valence-electron chi connectivity index (χ0n) is 21.4. The SMILES string of the molecule is C=C/C(=C\c1ncn(Cc2ccc(OCc3ccc(NC)cc3)c(C)c2)c1C)N1CCN(C)CC1. The van der Waals surface area contributed by atoms with E-state index in [0.29, 0.717) is 6.61 Å². The Morgan fingerprint density at radius 3 is 2.43 bits per heavy atom. The quantitative estimate of drug-likeness (QED) is 0.448. The molecule has 1 N–H and O–H groups in total. The van der Waals surface area contributed by atoms with Gasteiger partial charge in [-0.2, -0.15) is 0 Å². The van der Waals surface area contributed by atoms with Crippen molar-refractivity contribution in [3.8, 4) is 5.75 Å². The predicted octanol–water partition coefficient (Wildman–Crippen LogP) is 4.94. The second-order valence-electron chi connectivity index (χ2n) is 9.24. The third-order valence-corrected chi connectivity index (χ3v) is 6.73. The van der Waals surface area contributed by atoms with Crippen LogP contribution in [0.4, 0.5) is 5.69 Å². The molecular weight excluding hydrogens is 434 g/mol. The predicted molar refractivity (Wildman–Crippen MR) is 145 cm³/mol. The fourth-order valence-electron chi connectivity index (χ4n) is 4.34. The number of aryl methyl sites for hydroxylation is 1. The van der Waals surface area contributed by atoms with Gasteiger partial charge in [0.05, 0.1) is 12.0 Å². The summed E-state index contributed by atoms with van der Waals surface area (Å²) in [6.07, 6.45) is 6.04. The van der Waals surface area contributed by atoms with E-state index < -0.39 is 0 Å². The van der Waals surface area contributed by atoms with Crippen LogP contribution in [0, 0.1) is 13.8 Å². The minimum Gasteiger partial charge on any atom is -0.489 e. The molecule has 6 nitrogen and oxygen atoms in total. The van der Waals surface area contributed by atoms with E-state index >= 15 is 0 Å². The number of likely N-dealkylation sites (N-methyl/N-ethyl adjacent to an activating group) is 1. The molecule has 1 fully saturated rings. The lowest BCUT2D eigenvalue weighted by Gasteiger charge is -2.34. The van der Waals surface area contributed by atoms with Crippen molar-refractivity contribution in [1.82, 2.24) is 19.4 Å². The number of rotatable bonds is 9. The average Bonchev–Trinajstić information content (AvgIpc) is 3.21. The summed E-state index contributed by atoms with van der Waals surface area (Å²) in [4.78, 5) is 9.45. The summed E-state index contributed by atoms with van der Waals surface area (Å²) in [6.45, 7) is 13.8. The maximum absolute atomic E-state index is 6.09. The van der Waals surface area contributed by atoms with Gasteiger partial charge in [0.15, 0.2) is 0 Å². The van der Waals surface area contributed by atoms with Crippen molar-refractivity contribution < 1.29 is 4.74 Å². The van der Waals surface area contributed by atoms with Gasteiger partial charge >= 0.3 is 0 Å². The first kappa shape index (κ1) is 24.6. The summed E-state index contributed by atoms with van der Waals surface area (Å²) in [7, 11) is 4.09. The Labute approximate surface area is 209 Å². The van der Waals surface area contributed by atoms with Gasteiger partial charge in [0, 0.05) is 56.8 Å². The fraction of sp³-hybridized carbons (Fsp3) is 0.345. The van der Waals surface area contributed by atoms with E-state index in [-0.39, 0.29) is 0 Å². The third-order valence-electron chi connectivity index (χ3n) is 6.73. The molecule has 2 aromatic carbocycles. The highest BCUT2D eigenvalue weighted by Gasteiger charge is 2.16. The maximum Gasteiger partial charge on any atom is 0.122 e. The molecule has 1 aromatic heterocycles. The first-order valence-electron chi connectivity index (χ1n) is 12.2. The Balaban J connectivity index is 1.41. The molecule has 0 saturated carbocycles. The Hall–Kier alpha value is -3.51. The van der Waals surface area contributed by atoms with Crippen LogP contribution in [0.2, 0.25) is 0 Å². The minimum absolute atomic E-state index is 0.555. The zero-order chi connectivity index (χ0) is 24.8. The van der Waals surface area contributed by atoms with Crippen LogP contribution in [0.1, 0.15) is 28.1 Å². The number of nitrogens with zero attached hydrogens (tertiary/aromatic N) is 4. The molecule has 6 heteroatoms. The van der Waals surface area contributed by atoms with Gasteiger partial charge in [0.25, 0.3) is 0 Å². The number of imidazole rings is 1. The lowest BCUT2D eigenvalue weighted by Crippen LogP contribution is -2.43. The van der Waals surface area contributed by atoms with E-state index in [1.807, 2.05) is 19.5 Å². The second-order valence-corrected chi connectivity index (χ2v) is 9.24. The number of ether oxygens (including phenoxy) is 1. The van der Waals surface area contributed by atoms with Gasteiger partial charge in [0.2, 0.25) is 0 Å². The summed E-state index contributed by atoms with van der Waals surface area (Å²) >= 11 is 0. The Bertz CT molecular complexity index is 1170. The molecule has 0 atom stereocenters. The van der Waals surface area contributed by atoms with Gasteiger partial charge in [-0.25, -0.2) is 4.98 Å². The van der Waals surface area contributed by atoms with Crippen molar-refractivity contribution in [2.45, 2.75) is 27.0 Å². The van der Waals surface area contributed by atoms with Crippen LogP contribution in [0.25, 0.3) is 6.08 Å². The fourth-order valence-corrected chi connectivity index (χ4v) is 4.34. The average molecular weight is 472 g/mol. The van der Waals surface area contributed by atoms with Crippen molar-refractivity contribution in [1.29, 1.82) is 0 Å². The van der Waals surface area contributed by atoms with Gasteiger partial charge in [0.1, 0.15) is 12.4 Å². The Kier molecular flexibility index (Phi) is 7.93. The van der Waals surface area contributed by atoms with Gasteiger partial charge < -0.3 is 24.4 Å². The lowest BCUT2D eigenvalue weighted by molar-refractivity contribution is 0.191. The number of anilines is 1. The van der Waals surface area contributed by atoms with Crippen molar-refractivity contribution in [3.63, 3.8) is 0 Å². The molecule has 0 spiro atoms. The standard InChI is InChI=1S/C29H37N5O/c1-6-27(33-15-13-32(5)14-16-33)18-28-23(3)34(21-31-28)19-25-9-12-29(22(2)17-25)35-20-24-7-10-26(30-4)11-8-24/h6-12,17-18,21,30H,1,13-16,19-20H2,2-5H3/b27-18+. The van der Waals surface area contributed by atoms with E-state index in [1.54, 1.807) is 0 Å². The van der Waals surface area contributed by atoms with E-state index in [2.05, 4.69) is 95.7 Å². The molecule has 184 valence electrons. The molecule has 0 radical (unpaired) electrons. The van der Waals surface area contributed by atoms with Gasteiger partial charge in [-0.1, -0.05) is 30.8 Å². The molecule has 1 aliphatic rings. The van der Waals surface area contributed by atoms with E-state index in [4.69, 9.17) is 9.72 Å². The molecular formula is C29H37N5O. The van der Waals surface area contributed by atoms with Crippen LogP contribution < -0.4 is 10.1 Å². The molecule has 0 unspecified atom stereocenters. The molecule has 0 amide bonds. The summed E-state index contributed by atoms with van der Waals surface area (Å²) in [6, 6.07) is 14.7. The van der Waals surface area contributed by atoms with E-state index in [0.717, 1.165) is 72.4 Å². The topological polar surface area (TPSA) is 45.6 Å². The molecule has 4 rings (SSSR count). The van der Waals surface area contributed by atoms with Crippen LogP contribution in [0.3, 0.4) is 0 Å². The highest BCUT2D eigenvalue weighted by molar-refractivity contribution is 5.54. The summed E-state index contributed by atoms with van der Waals surface area (Å²) in [5.41, 5.74) is 7.91. The third kappa shape index (κ3) is 6.14. The van der Waals surface area contributed by atoms with Crippen molar-refractivity contribution in [2.24, 2.45) is 0 Å². The van der Waals surface area contributed by atoms with Gasteiger partial charge in [-0.15, -0.1) is 0 Å². The van der Waals surface area contributed by atoms with Crippen LogP contribution >= 0.6 is 0 Å². The first-order chi connectivity index (χ1) is 17.0. The molecule has 3 aromatic rings. The molecule has 35 heavy (non-hydrogen) atoms. The van der Waals surface area contributed by atoms with E-state index in [9.17, 15) is 0 Å². The monoisotopic (exact) mass is 471 g/mol. The maximum atomic E-state index is 6.09. The summed E-state index contributed by atoms with van der Waals surface area (Å²) in [5, 5.41) is 3.14. The molecule has 1 aliphatic heterocycles. The van der Waals surface area contributed by atoms with Crippen LogP contribution in [-0.4, -0.2) is 59.6 Å². The van der Waals surface area contributed by atoms with Crippen molar-refractivity contribution >= 4 is 11.8 Å². The smallest absolute Gasteiger partial charge is 0.122 e. The van der Waals surface area contributed by atoms with Crippen LogP contribution in [0.15, 0.2) is 67.1 Å². The number of benzene rings is 2. The molecule has 1 saturated heterocycles. The lowest BCUT2D eigenvalue weighted by atomic mass is 10.1. The van der Waals surface area contributed by atoms with Crippen molar-refractivity contribution in [2.75, 3.05) is 45.6 Å². The Morgan fingerprint density at radius 1 is 1.06 bits per heavy atom. The molecule has 2 heterocycles. The number of allylic oxidation sites excluding steroid dienone is 1. The second kappa shape index (κ2) is 11.3. The van der Waals surface area contributed by atoms with Crippen molar-refractivity contribution in [3.05, 3.63) is 95.2 Å². The number of hydrogen-bond donors (Lipinski definition) is 1. The van der Waals surface area contributed by atoms with Gasteiger partial charge in [-0.05, 0) is 67.9 Å². The Morgan fingerprint density at radius 2 is 1.77 bits per heavy atom. The number of nitrogens with one attached hydrogen (secondary N) is 1. The zero-order valence-corrected chi connectivity index (χ0v) is 21.4.